The molecule has 0 N–H and O–H groups in total. The van der Waals surface area contributed by atoms with E-state index >= 15 is 0 Å². The van der Waals surface area contributed by atoms with Gasteiger partial charge in [-0.2, -0.15) is 0 Å². The minimum Gasteiger partial charge on any atom is -0.456 e. The Bertz CT molecular complexity index is 784. The number of hydrogen-bond acceptors (Lipinski definition) is 3. The van der Waals surface area contributed by atoms with E-state index in [2.05, 4.69) is 20.9 Å². The van der Waals surface area contributed by atoms with Crippen molar-refractivity contribution in [2.75, 3.05) is 0 Å². The van der Waals surface area contributed by atoms with Crippen LogP contribution in [0.15, 0.2) is 65.1 Å². The molecule has 0 fully saturated rings. The summed E-state index contributed by atoms with van der Waals surface area (Å²) in [5.41, 5.74) is 2.05. The molecular weight excluding hydrogens is 330 g/mol. The van der Waals surface area contributed by atoms with Crippen molar-refractivity contribution in [2.45, 2.75) is 6.61 Å². The maximum absolute atomic E-state index is 12.0. The minimum atomic E-state index is -0.413. The standard InChI is InChI=1S/C17H12BrNO2/c18-14-8-5-12(6-9-14)11-21-17(20)16-10-7-13-3-1-2-4-15(13)19-16/h1-10H,11H2. The van der Waals surface area contributed by atoms with Crippen LogP contribution in [0.3, 0.4) is 0 Å². The fourth-order valence-electron chi connectivity index (χ4n) is 1.98. The molecule has 21 heavy (non-hydrogen) atoms. The number of para-hydroxylation sites is 1. The number of aromatic nitrogens is 1. The molecule has 1 heterocycles. The van der Waals surface area contributed by atoms with Crippen LogP contribution in [0.1, 0.15) is 16.1 Å². The van der Waals surface area contributed by atoms with Crippen molar-refractivity contribution < 1.29 is 9.53 Å². The van der Waals surface area contributed by atoms with Gasteiger partial charge in [0.2, 0.25) is 0 Å². The summed E-state index contributed by atoms with van der Waals surface area (Å²) >= 11 is 3.37. The van der Waals surface area contributed by atoms with Crippen molar-refractivity contribution in [3.05, 3.63) is 76.4 Å². The molecule has 0 aliphatic heterocycles. The molecule has 0 bridgehead atoms. The molecule has 4 heteroatoms. The third-order valence-electron chi connectivity index (χ3n) is 3.09. The van der Waals surface area contributed by atoms with E-state index in [0.717, 1.165) is 20.9 Å². The molecule has 0 aliphatic carbocycles. The van der Waals surface area contributed by atoms with Crippen LogP contribution >= 0.6 is 15.9 Å². The molecule has 0 atom stereocenters. The van der Waals surface area contributed by atoms with Crippen LogP contribution in [-0.4, -0.2) is 11.0 Å². The van der Waals surface area contributed by atoms with E-state index in [9.17, 15) is 4.79 Å². The Morgan fingerprint density at radius 2 is 1.76 bits per heavy atom. The van der Waals surface area contributed by atoms with Crippen molar-refractivity contribution in [1.82, 2.24) is 4.98 Å². The van der Waals surface area contributed by atoms with Gasteiger partial charge in [-0.15, -0.1) is 0 Å². The van der Waals surface area contributed by atoms with Gasteiger partial charge >= 0.3 is 5.97 Å². The second-order valence-corrected chi connectivity index (χ2v) is 5.51. The first-order chi connectivity index (χ1) is 10.2. The summed E-state index contributed by atoms with van der Waals surface area (Å²) in [6.45, 7) is 0.237. The van der Waals surface area contributed by atoms with Gasteiger partial charge in [0.25, 0.3) is 0 Å². The molecular formula is C17H12BrNO2. The molecule has 0 saturated carbocycles. The zero-order valence-corrected chi connectivity index (χ0v) is 12.7. The van der Waals surface area contributed by atoms with E-state index in [1.807, 2.05) is 54.6 Å². The van der Waals surface area contributed by atoms with Crippen molar-refractivity contribution in [3.8, 4) is 0 Å². The zero-order chi connectivity index (χ0) is 14.7. The third kappa shape index (κ3) is 3.28. The highest BCUT2D eigenvalue weighted by Gasteiger charge is 2.09. The van der Waals surface area contributed by atoms with Gasteiger partial charge in [0.05, 0.1) is 5.52 Å². The molecule has 0 radical (unpaired) electrons. The fraction of sp³-hybridized carbons (Fsp3) is 0.0588. The number of hydrogen-bond donors (Lipinski definition) is 0. The SMILES string of the molecule is O=C(OCc1ccc(Br)cc1)c1ccc2ccccc2n1. The lowest BCUT2D eigenvalue weighted by molar-refractivity contribution is 0.0466. The summed E-state index contributed by atoms with van der Waals surface area (Å²) in [5.74, 6) is -0.413. The van der Waals surface area contributed by atoms with Gasteiger partial charge < -0.3 is 4.74 Å². The number of halogens is 1. The quantitative estimate of drug-likeness (QED) is 0.664. The molecule has 0 spiro atoms. The van der Waals surface area contributed by atoms with Gasteiger partial charge in [0, 0.05) is 9.86 Å². The average molecular weight is 342 g/mol. The van der Waals surface area contributed by atoms with E-state index in [0.29, 0.717) is 5.69 Å². The molecule has 0 aliphatic rings. The summed E-state index contributed by atoms with van der Waals surface area (Å²) < 4.78 is 6.28. The number of nitrogens with zero attached hydrogens (tertiary/aromatic N) is 1. The molecule has 3 nitrogen and oxygen atoms in total. The van der Waals surface area contributed by atoms with E-state index in [4.69, 9.17) is 4.74 Å². The predicted octanol–water partition coefficient (Wildman–Crippen LogP) is 4.35. The van der Waals surface area contributed by atoms with Crippen LogP contribution < -0.4 is 0 Å². The molecule has 1 aromatic heterocycles. The smallest absolute Gasteiger partial charge is 0.357 e. The Labute approximate surface area is 130 Å². The van der Waals surface area contributed by atoms with Crippen molar-refractivity contribution >= 4 is 32.8 Å². The average Bonchev–Trinajstić information content (AvgIpc) is 2.53. The Morgan fingerprint density at radius 1 is 1.00 bits per heavy atom. The maximum Gasteiger partial charge on any atom is 0.357 e. The van der Waals surface area contributed by atoms with Gasteiger partial charge in [-0.3, -0.25) is 0 Å². The largest absolute Gasteiger partial charge is 0.456 e. The van der Waals surface area contributed by atoms with E-state index in [-0.39, 0.29) is 6.61 Å². The second-order valence-electron chi connectivity index (χ2n) is 4.59. The number of fused-ring (bicyclic) bond motifs is 1. The monoisotopic (exact) mass is 341 g/mol. The summed E-state index contributed by atoms with van der Waals surface area (Å²) in [4.78, 5) is 16.4. The Morgan fingerprint density at radius 3 is 2.57 bits per heavy atom. The van der Waals surface area contributed by atoms with Crippen LogP contribution in [0.2, 0.25) is 0 Å². The predicted molar refractivity (Wildman–Crippen MR) is 85.0 cm³/mol. The van der Waals surface area contributed by atoms with E-state index < -0.39 is 5.97 Å². The molecule has 0 amide bonds. The summed E-state index contributed by atoms with van der Waals surface area (Å²) in [6.07, 6.45) is 0. The summed E-state index contributed by atoms with van der Waals surface area (Å²) in [7, 11) is 0. The highest BCUT2D eigenvalue weighted by molar-refractivity contribution is 9.10. The second kappa shape index (κ2) is 6.06. The van der Waals surface area contributed by atoms with Crippen molar-refractivity contribution in [2.24, 2.45) is 0 Å². The number of benzene rings is 2. The van der Waals surface area contributed by atoms with Crippen molar-refractivity contribution in [3.63, 3.8) is 0 Å². The number of rotatable bonds is 3. The molecule has 2 aromatic carbocycles. The van der Waals surface area contributed by atoms with Gasteiger partial charge in [-0.25, -0.2) is 9.78 Å². The Balaban J connectivity index is 1.73. The normalized spacial score (nSPS) is 10.5. The Hall–Kier alpha value is -2.20. The zero-order valence-electron chi connectivity index (χ0n) is 11.1. The summed E-state index contributed by atoms with van der Waals surface area (Å²) in [6, 6.07) is 18.9. The topological polar surface area (TPSA) is 39.2 Å². The Kier molecular flexibility index (Phi) is 3.97. The lowest BCUT2D eigenvalue weighted by Crippen LogP contribution is -2.07. The van der Waals surface area contributed by atoms with Crippen molar-refractivity contribution in [1.29, 1.82) is 0 Å². The van der Waals surface area contributed by atoms with Crippen LogP contribution in [-0.2, 0) is 11.3 Å². The fourth-order valence-corrected chi connectivity index (χ4v) is 2.25. The van der Waals surface area contributed by atoms with E-state index in [1.54, 1.807) is 6.07 Å². The molecule has 3 rings (SSSR count). The van der Waals surface area contributed by atoms with Crippen LogP contribution in [0, 0.1) is 0 Å². The minimum absolute atomic E-state index is 0.237. The highest BCUT2D eigenvalue weighted by atomic mass is 79.9. The molecule has 3 aromatic rings. The number of esters is 1. The first-order valence-corrected chi connectivity index (χ1v) is 7.29. The molecule has 104 valence electrons. The molecule has 0 unspecified atom stereocenters. The number of carbonyl (C=O) groups excluding carboxylic acids is 1. The van der Waals surface area contributed by atoms with Gasteiger partial charge in [-0.1, -0.05) is 52.3 Å². The van der Waals surface area contributed by atoms with Gasteiger partial charge in [-0.05, 0) is 29.8 Å². The van der Waals surface area contributed by atoms with Crippen LogP contribution in [0.25, 0.3) is 10.9 Å². The number of carbonyl (C=O) groups is 1. The third-order valence-corrected chi connectivity index (χ3v) is 3.62. The van der Waals surface area contributed by atoms with Crippen LogP contribution in [0.4, 0.5) is 0 Å². The first kappa shape index (κ1) is 13.8. The van der Waals surface area contributed by atoms with Gasteiger partial charge in [0.15, 0.2) is 0 Å². The van der Waals surface area contributed by atoms with E-state index in [1.165, 1.54) is 0 Å². The summed E-state index contributed by atoms with van der Waals surface area (Å²) in [5, 5.41) is 1.00. The number of pyridine rings is 1. The first-order valence-electron chi connectivity index (χ1n) is 6.50. The molecule has 0 saturated heterocycles. The maximum atomic E-state index is 12.0. The number of ether oxygens (including phenoxy) is 1. The highest BCUT2D eigenvalue weighted by Crippen LogP contribution is 2.14. The van der Waals surface area contributed by atoms with Gasteiger partial charge in [0.1, 0.15) is 12.3 Å². The lowest BCUT2D eigenvalue weighted by atomic mass is 10.2. The van der Waals surface area contributed by atoms with Crippen LogP contribution in [0.5, 0.6) is 0 Å². The lowest BCUT2D eigenvalue weighted by Gasteiger charge is -2.05.